The van der Waals surface area contributed by atoms with Crippen LogP contribution >= 0.6 is 11.8 Å². The van der Waals surface area contributed by atoms with E-state index in [4.69, 9.17) is 5.73 Å². The molecule has 1 amide bonds. The summed E-state index contributed by atoms with van der Waals surface area (Å²) >= 11 is 1.91. The fourth-order valence-electron chi connectivity index (χ4n) is 2.56. The number of nitrogens with two attached hydrogens (primary N) is 1. The van der Waals surface area contributed by atoms with E-state index in [9.17, 15) is 4.79 Å². The highest BCUT2D eigenvalue weighted by Gasteiger charge is 2.28. The Bertz CT molecular complexity index is 456. The van der Waals surface area contributed by atoms with E-state index in [1.807, 2.05) is 25.6 Å². The highest BCUT2D eigenvalue weighted by atomic mass is 32.2. The van der Waals surface area contributed by atoms with Crippen LogP contribution in [0.2, 0.25) is 0 Å². The van der Waals surface area contributed by atoms with E-state index in [-0.39, 0.29) is 5.91 Å². The summed E-state index contributed by atoms with van der Waals surface area (Å²) < 4.78 is 0. The SMILES string of the molecule is CCNC(C)(CCCSCc1cc(C)cc(C)c1)C(N)=O. The topological polar surface area (TPSA) is 55.1 Å². The van der Waals surface area contributed by atoms with E-state index in [0.29, 0.717) is 0 Å². The zero-order valence-electron chi connectivity index (χ0n) is 13.7. The Morgan fingerprint density at radius 3 is 2.43 bits per heavy atom. The van der Waals surface area contributed by atoms with Gasteiger partial charge in [-0.05, 0) is 51.5 Å². The van der Waals surface area contributed by atoms with Crippen molar-refractivity contribution in [3.05, 3.63) is 34.9 Å². The number of rotatable bonds is 9. The summed E-state index contributed by atoms with van der Waals surface area (Å²) in [6, 6.07) is 6.68. The third-order valence-electron chi connectivity index (χ3n) is 3.63. The molecule has 0 aliphatic rings. The first-order valence-electron chi connectivity index (χ1n) is 7.57. The van der Waals surface area contributed by atoms with Crippen LogP contribution in [-0.2, 0) is 10.5 Å². The van der Waals surface area contributed by atoms with Crippen LogP contribution in [0.15, 0.2) is 18.2 Å². The van der Waals surface area contributed by atoms with Crippen molar-refractivity contribution in [1.29, 1.82) is 0 Å². The summed E-state index contributed by atoms with van der Waals surface area (Å²) in [5.41, 5.74) is 8.93. The van der Waals surface area contributed by atoms with Crippen LogP contribution < -0.4 is 11.1 Å². The molecule has 0 aliphatic heterocycles. The lowest BCUT2D eigenvalue weighted by Crippen LogP contribution is -2.53. The summed E-state index contributed by atoms with van der Waals surface area (Å²) in [4.78, 5) is 11.5. The molecule has 0 aliphatic carbocycles. The number of carbonyl (C=O) groups excluding carboxylic acids is 1. The maximum absolute atomic E-state index is 11.5. The van der Waals surface area contributed by atoms with Crippen molar-refractivity contribution >= 4 is 17.7 Å². The first-order valence-corrected chi connectivity index (χ1v) is 8.72. The van der Waals surface area contributed by atoms with Gasteiger partial charge in [-0.15, -0.1) is 0 Å². The molecule has 0 aromatic heterocycles. The molecule has 0 bridgehead atoms. The number of benzene rings is 1. The first kappa shape index (κ1) is 18.1. The third-order valence-corrected chi connectivity index (χ3v) is 4.74. The van der Waals surface area contributed by atoms with Gasteiger partial charge in [-0.1, -0.05) is 36.2 Å². The highest BCUT2D eigenvalue weighted by molar-refractivity contribution is 7.98. The predicted molar refractivity (Wildman–Crippen MR) is 92.6 cm³/mol. The van der Waals surface area contributed by atoms with Gasteiger partial charge in [0.25, 0.3) is 0 Å². The second-order valence-corrected chi connectivity index (χ2v) is 6.98. The van der Waals surface area contributed by atoms with Crippen molar-refractivity contribution in [2.45, 2.75) is 51.8 Å². The summed E-state index contributed by atoms with van der Waals surface area (Å²) in [5.74, 6) is 1.81. The van der Waals surface area contributed by atoms with E-state index in [1.165, 1.54) is 16.7 Å². The molecular weight excluding hydrogens is 280 g/mol. The molecule has 0 saturated heterocycles. The van der Waals surface area contributed by atoms with E-state index >= 15 is 0 Å². The van der Waals surface area contributed by atoms with Gasteiger partial charge in [-0.3, -0.25) is 4.79 Å². The second-order valence-electron chi connectivity index (χ2n) is 5.88. The lowest BCUT2D eigenvalue weighted by atomic mass is 9.95. The Morgan fingerprint density at radius 1 is 1.29 bits per heavy atom. The third kappa shape index (κ3) is 6.10. The van der Waals surface area contributed by atoms with Gasteiger partial charge in [0.1, 0.15) is 0 Å². The van der Waals surface area contributed by atoms with Crippen LogP contribution in [0.1, 0.15) is 43.4 Å². The Labute approximate surface area is 133 Å². The van der Waals surface area contributed by atoms with Gasteiger partial charge in [0.2, 0.25) is 5.91 Å². The molecule has 1 aromatic rings. The maximum Gasteiger partial charge on any atom is 0.237 e. The van der Waals surface area contributed by atoms with E-state index < -0.39 is 5.54 Å². The van der Waals surface area contributed by atoms with Gasteiger partial charge in [0.15, 0.2) is 0 Å². The molecule has 3 N–H and O–H groups in total. The van der Waals surface area contributed by atoms with Gasteiger partial charge in [-0.25, -0.2) is 0 Å². The zero-order chi connectivity index (χ0) is 15.9. The fourth-order valence-corrected chi connectivity index (χ4v) is 3.45. The van der Waals surface area contributed by atoms with Crippen molar-refractivity contribution < 1.29 is 4.79 Å². The monoisotopic (exact) mass is 308 g/mol. The first-order chi connectivity index (χ1) is 9.87. The number of nitrogens with one attached hydrogen (secondary N) is 1. The van der Waals surface area contributed by atoms with Crippen LogP contribution in [-0.4, -0.2) is 23.7 Å². The lowest BCUT2D eigenvalue weighted by molar-refractivity contribution is -0.124. The number of primary amides is 1. The Hall–Kier alpha value is -1.00. The molecule has 0 spiro atoms. The molecule has 118 valence electrons. The number of carbonyl (C=O) groups is 1. The van der Waals surface area contributed by atoms with Crippen LogP contribution in [0.5, 0.6) is 0 Å². The number of hydrogen-bond acceptors (Lipinski definition) is 3. The number of likely N-dealkylation sites (N-methyl/N-ethyl adjacent to an activating group) is 1. The molecule has 3 nitrogen and oxygen atoms in total. The quantitative estimate of drug-likeness (QED) is 0.689. The fraction of sp³-hybridized carbons (Fsp3) is 0.588. The number of aryl methyl sites for hydroxylation is 2. The zero-order valence-corrected chi connectivity index (χ0v) is 14.5. The van der Waals surface area contributed by atoms with Gasteiger partial charge >= 0.3 is 0 Å². The smallest absolute Gasteiger partial charge is 0.237 e. The molecule has 1 unspecified atom stereocenters. The van der Waals surface area contributed by atoms with Crippen LogP contribution in [0.4, 0.5) is 0 Å². The molecule has 0 heterocycles. The van der Waals surface area contributed by atoms with Crippen LogP contribution in [0.25, 0.3) is 0 Å². The van der Waals surface area contributed by atoms with Crippen LogP contribution in [0.3, 0.4) is 0 Å². The minimum absolute atomic E-state index is 0.261. The standard InChI is InChI=1S/C17H28N2OS/c1-5-19-17(4,16(18)20)7-6-8-21-12-15-10-13(2)9-14(3)11-15/h9-11,19H,5-8,12H2,1-4H3,(H2,18,20). The molecule has 21 heavy (non-hydrogen) atoms. The maximum atomic E-state index is 11.5. The molecule has 0 fully saturated rings. The molecule has 0 saturated carbocycles. The lowest BCUT2D eigenvalue weighted by Gasteiger charge is -2.26. The molecular formula is C17H28N2OS. The normalized spacial score (nSPS) is 13.9. The predicted octanol–water partition coefficient (Wildman–Crippen LogP) is 3.17. The van der Waals surface area contributed by atoms with E-state index in [1.54, 1.807) is 0 Å². The molecule has 4 heteroatoms. The van der Waals surface area contributed by atoms with Gasteiger partial charge in [0, 0.05) is 5.75 Å². The number of hydrogen-bond donors (Lipinski definition) is 2. The summed E-state index contributed by atoms with van der Waals surface area (Å²) in [6.07, 6.45) is 1.78. The summed E-state index contributed by atoms with van der Waals surface area (Å²) in [7, 11) is 0. The second kappa shape index (κ2) is 8.44. The highest BCUT2D eigenvalue weighted by Crippen LogP contribution is 2.19. The Balaban J connectivity index is 2.35. The van der Waals surface area contributed by atoms with Crippen molar-refractivity contribution in [3.8, 4) is 0 Å². The van der Waals surface area contributed by atoms with E-state index in [0.717, 1.165) is 30.9 Å². The largest absolute Gasteiger partial charge is 0.368 e. The molecule has 1 atom stereocenters. The van der Waals surface area contributed by atoms with Crippen molar-refractivity contribution in [2.75, 3.05) is 12.3 Å². The van der Waals surface area contributed by atoms with Crippen molar-refractivity contribution in [3.63, 3.8) is 0 Å². The van der Waals surface area contributed by atoms with Gasteiger partial charge < -0.3 is 11.1 Å². The van der Waals surface area contributed by atoms with Crippen molar-refractivity contribution in [2.24, 2.45) is 5.73 Å². The summed E-state index contributed by atoms with van der Waals surface area (Å²) in [6.45, 7) is 8.92. The van der Waals surface area contributed by atoms with Gasteiger partial charge in [-0.2, -0.15) is 11.8 Å². The minimum Gasteiger partial charge on any atom is -0.368 e. The number of amides is 1. The molecule has 0 radical (unpaired) electrons. The molecule has 1 rings (SSSR count). The minimum atomic E-state index is -0.574. The van der Waals surface area contributed by atoms with E-state index in [2.05, 4.69) is 37.4 Å². The van der Waals surface area contributed by atoms with Crippen LogP contribution in [0, 0.1) is 13.8 Å². The van der Waals surface area contributed by atoms with Crippen molar-refractivity contribution in [1.82, 2.24) is 5.32 Å². The molecule has 1 aromatic carbocycles. The Kier molecular flexibility index (Phi) is 7.26. The average molecular weight is 308 g/mol. The van der Waals surface area contributed by atoms with Gasteiger partial charge in [0.05, 0.1) is 5.54 Å². The Morgan fingerprint density at radius 2 is 1.90 bits per heavy atom. The average Bonchev–Trinajstić information content (AvgIpc) is 2.37. The summed E-state index contributed by atoms with van der Waals surface area (Å²) in [5, 5.41) is 3.20. The number of thioether (sulfide) groups is 1.